The number of aliphatic hydroxyl groups is 1. The van der Waals surface area contributed by atoms with Gasteiger partial charge >= 0.3 is 0 Å². The summed E-state index contributed by atoms with van der Waals surface area (Å²) in [5.74, 6) is 0.205. The predicted molar refractivity (Wildman–Crippen MR) is 85.5 cm³/mol. The number of hydrogen-bond acceptors (Lipinski definition) is 3. The average molecular weight is 375 g/mol. The van der Waals surface area contributed by atoms with Crippen molar-refractivity contribution in [3.63, 3.8) is 0 Å². The molecule has 1 atom stereocenters. The second-order valence-corrected chi connectivity index (χ2v) is 5.78. The summed E-state index contributed by atoms with van der Waals surface area (Å²) >= 11 is 9.10. The molecule has 0 fully saturated rings. The Bertz CT molecular complexity index is 612. The summed E-state index contributed by atoms with van der Waals surface area (Å²) in [6.45, 7) is 0.261. The molecule has 2 N–H and O–H groups in total. The van der Waals surface area contributed by atoms with E-state index >= 15 is 0 Å². The Morgan fingerprint density at radius 3 is 2.86 bits per heavy atom. The Hall–Kier alpha value is -1.30. The molecule has 0 heterocycles. The Balaban J connectivity index is 1.82. The highest BCUT2D eigenvalue weighted by atomic mass is 79.9. The molecular weight excluding hydrogens is 361 g/mol. The molecule has 21 heavy (non-hydrogen) atoms. The van der Waals surface area contributed by atoms with Crippen LogP contribution in [0.4, 0.5) is 10.1 Å². The van der Waals surface area contributed by atoms with Crippen LogP contribution in [0, 0.1) is 5.82 Å². The van der Waals surface area contributed by atoms with Gasteiger partial charge in [0, 0.05) is 16.0 Å². The molecule has 3 nitrogen and oxygen atoms in total. The number of nitrogens with one attached hydrogen (secondary N) is 1. The molecule has 0 amide bonds. The van der Waals surface area contributed by atoms with Crippen molar-refractivity contribution in [3.05, 3.63) is 57.8 Å². The largest absolute Gasteiger partial charge is 0.491 e. The lowest BCUT2D eigenvalue weighted by molar-refractivity contribution is 0.117. The molecule has 0 bridgehead atoms. The topological polar surface area (TPSA) is 41.5 Å². The summed E-state index contributed by atoms with van der Waals surface area (Å²) < 4.78 is 19.7. The van der Waals surface area contributed by atoms with Crippen molar-refractivity contribution >= 4 is 33.2 Å². The minimum Gasteiger partial charge on any atom is -0.491 e. The first-order valence-electron chi connectivity index (χ1n) is 6.30. The maximum atomic E-state index is 13.5. The second kappa shape index (κ2) is 7.64. The highest BCUT2D eigenvalue weighted by Gasteiger charge is 2.08. The van der Waals surface area contributed by atoms with E-state index in [1.54, 1.807) is 36.4 Å². The first kappa shape index (κ1) is 16.1. The molecule has 0 aliphatic heterocycles. The molecular formula is C15H14BrClFNO2. The highest BCUT2D eigenvalue weighted by Crippen LogP contribution is 2.20. The van der Waals surface area contributed by atoms with E-state index in [4.69, 9.17) is 16.3 Å². The number of halogens is 3. The molecule has 0 saturated heterocycles. The van der Waals surface area contributed by atoms with Gasteiger partial charge in [-0.3, -0.25) is 0 Å². The van der Waals surface area contributed by atoms with Crippen molar-refractivity contribution in [2.45, 2.75) is 6.10 Å². The quantitative estimate of drug-likeness (QED) is 0.800. The smallest absolute Gasteiger partial charge is 0.146 e. The average Bonchev–Trinajstić information content (AvgIpc) is 2.46. The van der Waals surface area contributed by atoms with Gasteiger partial charge in [-0.2, -0.15) is 0 Å². The van der Waals surface area contributed by atoms with Crippen molar-refractivity contribution in [3.8, 4) is 5.75 Å². The van der Waals surface area contributed by atoms with Gasteiger partial charge in [0.1, 0.15) is 24.3 Å². The van der Waals surface area contributed by atoms with Crippen molar-refractivity contribution in [2.24, 2.45) is 0 Å². The van der Waals surface area contributed by atoms with E-state index in [9.17, 15) is 9.50 Å². The van der Waals surface area contributed by atoms with Crippen LogP contribution in [0.25, 0.3) is 0 Å². The van der Waals surface area contributed by atoms with Crippen LogP contribution < -0.4 is 10.1 Å². The number of hydrogen-bond donors (Lipinski definition) is 2. The molecule has 1 unspecified atom stereocenters. The van der Waals surface area contributed by atoms with Crippen LogP contribution in [0.2, 0.25) is 5.02 Å². The van der Waals surface area contributed by atoms with E-state index in [-0.39, 0.29) is 19.0 Å². The lowest BCUT2D eigenvalue weighted by Gasteiger charge is -2.14. The Morgan fingerprint density at radius 1 is 1.29 bits per heavy atom. The molecule has 0 spiro atoms. The summed E-state index contributed by atoms with van der Waals surface area (Å²) in [5.41, 5.74) is 0.325. The lowest BCUT2D eigenvalue weighted by atomic mass is 10.3. The molecule has 0 aliphatic rings. The number of ether oxygens (including phenoxy) is 1. The van der Waals surface area contributed by atoms with Crippen LogP contribution in [-0.4, -0.2) is 24.4 Å². The van der Waals surface area contributed by atoms with Crippen LogP contribution in [0.5, 0.6) is 5.75 Å². The normalized spacial score (nSPS) is 12.0. The first-order chi connectivity index (χ1) is 10.0. The second-order valence-electron chi connectivity index (χ2n) is 4.43. The molecule has 112 valence electrons. The Kier molecular flexibility index (Phi) is 5.85. The van der Waals surface area contributed by atoms with E-state index in [2.05, 4.69) is 21.2 Å². The van der Waals surface area contributed by atoms with Crippen LogP contribution >= 0.6 is 27.5 Å². The standard InChI is InChI=1S/C15H14BrClFNO2/c16-10-4-5-14(18)15(6-10)19-8-12(20)9-21-13-3-1-2-11(17)7-13/h1-7,12,19-20H,8-9H2. The zero-order valence-electron chi connectivity index (χ0n) is 11.0. The summed E-state index contributed by atoms with van der Waals surface area (Å²) in [6, 6.07) is 11.5. The van der Waals surface area contributed by atoms with E-state index in [0.717, 1.165) is 4.47 Å². The lowest BCUT2D eigenvalue weighted by Crippen LogP contribution is -2.26. The molecule has 6 heteroatoms. The highest BCUT2D eigenvalue weighted by molar-refractivity contribution is 9.10. The maximum absolute atomic E-state index is 13.5. The van der Waals surface area contributed by atoms with Gasteiger partial charge in [-0.25, -0.2) is 4.39 Å². The first-order valence-corrected chi connectivity index (χ1v) is 7.47. The molecule has 0 aromatic heterocycles. The monoisotopic (exact) mass is 373 g/mol. The molecule has 0 radical (unpaired) electrons. The third kappa shape index (κ3) is 5.19. The SMILES string of the molecule is OC(CNc1cc(Br)ccc1F)COc1cccc(Cl)c1. The fraction of sp³-hybridized carbons (Fsp3) is 0.200. The van der Waals surface area contributed by atoms with Gasteiger partial charge < -0.3 is 15.2 Å². The minimum atomic E-state index is -0.776. The van der Waals surface area contributed by atoms with E-state index in [0.29, 0.717) is 16.5 Å². The molecule has 0 saturated carbocycles. The predicted octanol–water partition coefficient (Wildman–Crippen LogP) is 4.09. The van der Waals surface area contributed by atoms with Gasteiger partial charge in [0.05, 0.1) is 5.69 Å². The molecule has 0 aliphatic carbocycles. The third-order valence-corrected chi connectivity index (χ3v) is 3.42. The summed E-state index contributed by atoms with van der Waals surface area (Å²) in [4.78, 5) is 0. The minimum absolute atomic E-state index is 0.0863. The van der Waals surface area contributed by atoms with E-state index in [1.165, 1.54) is 6.07 Å². The van der Waals surface area contributed by atoms with Gasteiger partial charge in [-0.1, -0.05) is 33.6 Å². The molecule has 2 aromatic carbocycles. The molecule has 2 rings (SSSR count). The Morgan fingerprint density at radius 2 is 2.10 bits per heavy atom. The summed E-state index contributed by atoms with van der Waals surface area (Å²) in [5, 5.41) is 13.3. The number of anilines is 1. The van der Waals surface area contributed by atoms with Gasteiger partial charge in [-0.15, -0.1) is 0 Å². The number of rotatable bonds is 6. The fourth-order valence-electron chi connectivity index (χ4n) is 1.67. The van der Waals surface area contributed by atoms with Gasteiger partial charge in [0.25, 0.3) is 0 Å². The van der Waals surface area contributed by atoms with Crippen LogP contribution in [-0.2, 0) is 0 Å². The maximum Gasteiger partial charge on any atom is 0.146 e. The van der Waals surface area contributed by atoms with Gasteiger partial charge in [0.15, 0.2) is 0 Å². The van der Waals surface area contributed by atoms with Crippen molar-refractivity contribution < 1.29 is 14.2 Å². The van der Waals surface area contributed by atoms with Crippen LogP contribution in [0.3, 0.4) is 0 Å². The third-order valence-electron chi connectivity index (χ3n) is 2.70. The number of benzene rings is 2. The number of aliphatic hydroxyl groups excluding tert-OH is 1. The van der Waals surface area contributed by atoms with E-state index in [1.807, 2.05) is 0 Å². The van der Waals surface area contributed by atoms with Crippen molar-refractivity contribution in [1.82, 2.24) is 0 Å². The van der Waals surface area contributed by atoms with Crippen molar-refractivity contribution in [2.75, 3.05) is 18.5 Å². The fourth-order valence-corrected chi connectivity index (χ4v) is 2.21. The van der Waals surface area contributed by atoms with Gasteiger partial charge in [0.2, 0.25) is 0 Å². The van der Waals surface area contributed by atoms with Crippen molar-refractivity contribution in [1.29, 1.82) is 0 Å². The van der Waals surface area contributed by atoms with E-state index < -0.39 is 6.10 Å². The zero-order valence-corrected chi connectivity index (χ0v) is 13.4. The molecule has 2 aromatic rings. The van der Waals surface area contributed by atoms with Gasteiger partial charge in [-0.05, 0) is 36.4 Å². The van der Waals surface area contributed by atoms with Crippen LogP contribution in [0.1, 0.15) is 0 Å². The summed E-state index contributed by atoms with van der Waals surface area (Å²) in [7, 11) is 0. The van der Waals surface area contributed by atoms with Crippen LogP contribution in [0.15, 0.2) is 46.9 Å². The Labute approximate surface area is 135 Å². The summed E-state index contributed by atoms with van der Waals surface area (Å²) in [6.07, 6.45) is -0.776. The zero-order chi connectivity index (χ0) is 15.2.